The highest BCUT2D eigenvalue weighted by Gasteiger charge is 2.57. The van der Waals surface area contributed by atoms with Gasteiger partial charge in [-0.25, -0.2) is 4.98 Å². The van der Waals surface area contributed by atoms with Crippen LogP contribution < -0.4 is 9.80 Å². The Morgan fingerprint density at radius 1 is 1.21 bits per heavy atom. The van der Waals surface area contributed by atoms with E-state index >= 15 is 0 Å². The van der Waals surface area contributed by atoms with Crippen LogP contribution in [0.4, 0.5) is 24.9 Å². The first-order valence-electron chi connectivity index (χ1n) is 11.3. The maximum absolute atomic E-state index is 14.3. The highest BCUT2D eigenvalue weighted by molar-refractivity contribution is 5.80. The summed E-state index contributed by atoms with van der Waals surface area (Å²) in [6.45, 7) is 3.61. The molecule has 7 nitrogen and oxygen atoms in total. The van der Waals surface area contributed by atoms with Crippen molar-refractivity contribution in [1.29, 1.82) is 5.26 Å². The third kappa shape index (κ3) is 3.83. The van der Waals surface area contributed by atoms with E-state index in [0.29, 0.717) is 37.2 Å². The van der Waals surface area contributed by atoms with E-state index in [2.05, 4.69) is 9.97 Å². The molecular weight excluding hydrogens is 447 g/mol. The second kappa shape index (κ2) is 8.15. The first-order chi connectivity index (χ1) is 16.2. The predicted molar refractivity (Wildman–Crippen MR) is 118 cm³/mol. The zero-order valence-corrected chi connectivity index (χ0v) is 18.8. The molecule has 1 aromatic heterocycles. The lowest BCUT2D eigenvalue weighted by Crippen LogP contribution is -2.47. The maximum Gasteiger partial charge on any atom is 0.434 e. The SMILES string of the molecule is COC(=O)CC1[C@H]2CN(c3nc(N4CC[C@@H]4C)nc(C(F)(F)F)c3-c3ccc(C#N)cc3)C[C@@H]12. The molecule has 10 heteroatoms. The van der Waals surface area contributed by atoms with Crippen LogP contribution in [0.1, 0.15) is 31.0 Å². The Labute approximate surface area is 195 Å². The third-order valence-electron chi connectivity index (χ3n) is 7.33. The smallest absolute Gasteiger partial charge is 0.434 e. The number of piperidine rings is 1. The summed E-state index contributed by atoms with van der Waals surface area (Å²) in [5.74, 6) is 0.725. The van der Waals surface area contributed by atoms with Gasteiger partial charge in [0.25, 0.3) is 0 Å². The molecule has 178 valence electrons. The fraction of sp³-hybridized carbons (Fsp3) is 0.500. The minimum Gasteiger partial charge on any atom is -0.469 e. The van der Waals surface area contributed by atoms with Crippen LogP contribution in [0.3, 0.4) is 0 Å². The summed E-state index contributed by atoms with van der Waals surface area (Å²) in [4.78, 5) is 24.0. The van der Waals surface area contributed by atoms with Crippen molar-refractivity contribution in [3.63, 3.8) is 0 Å². The van der Waals surface area contributed by atoms with Crippen LogP contribution in [-0.4, -0.2) is 48.7 Å². The Kier molecular flexibility index (Phi) is 5.38. The summed E-state index contributed by atoms with van der Waals surface area (Å²) < 4.78 is 47.7. The number of hydrogen-bond donors (Lipinski definition) is 0. The van der Waals surface area contributed by atoms with Gasteiger partial charge in [0.2, 0.25) is 5.95 Å². The number of ether oxygens (including phenoxy) is 1. The van der Waals surface area contributed by atoms with Gasteiger partial charge in [-0.15, -0.1) is 0 Å². The van der Waals surface area contributed by atoms with Gasteiger partial charge in [0.15, 0.2) is 5.69 Å². The fourth-order valence-corrected chi connectivity index (χ4v) is 5.19. The Balaban J connectivity index is 1.57. The molecule has 5 rings (SSSR count). The van der Waals surface area contributed by atoms with Gasteiger partial charge in [0, 0.05) is 32.1 Å². The van der Waals surface area contributed by atoms with Crippen molar-refractivity contribution < 1.29 is 22.7 Å². The van der Waals surface area contributed by atoms with Crippen molar-refractivity contribution in [3.8, 4) is 17.2 Å². The number of alkyl halides is 3. The topological polar surface area (TPSA) is 82.3 Å². The molecular formula is C24H24F3N5O2. The molecule has 2 aliphatic heterocycles. The number of halogens is 3. The van der Waals surface area contributed by atoms with E-state index in [1.807, 2.05) is 17.9 Å². The monoisotopic (exact) mass is 471 g/mol. The molecule has 3 fully saturated rings. The van der Waals surface area contributed by atoms with Crippen LogP contribution in [0.15, 0.2) is 24.3 Å². The van der Waals surface area contributed by atoms with Crippen molar-refractivity contribution in [2.24, 2.45) is 17.8 Å². The van der Waals surface area contributed by atoms with E-state index in [-0.39, 0.29) is 47.1 Å². The number of nitrogens with zero attached hydrogens (tertiary/aromatic N) is 5. The highest BCUT2D eigenvalue weighted by atomic mass is 19.4. The number of carbonyl (C=O) groups is 1. The number of hydrogen-bond acceptors (Lipinski definition) is 7. The van der Waals surface area contributed by atoms with Crippen molar-refractivity contribution in [3.05, 3.63) is 35.5 Å². The lowest BCUT2D eigenvalue weighted by molar-refractivity contribution is -0.141. The van der Waals surface area contributed by atoms with Gasteiger partial charge in [-0.2, -0.15) is 23.4 Å². The molecule has 34 heavy (non-hydrogen) atoms. The van der Waals surface area contributed by atoms with Crippen molar-refractivity contribution in [2.45, 2.75) is 32.0 Å². The molecule has 0 amide bonds. The van der Waals surface area contributed by atoms with Crippen LogP contribution in [0.25, 0.3) is 11.1 Å². The van der Waals surface area contributed by atoms with E-state index in [9.17, 15) is 18.0 Å². The quantitative estimate of drug-likeness (QED) is 0.612. The summed E-state index contributed by atoms with van der Waals surface area (Å²) in [5, 5.41) is 9.10. The largest absolute Gasteiger partial charge is 0.469 e. The summed E-state index contributed by atoms with van der Waals surface area (Å²) in [6, 6.07) is 8.09. The number of nitriles is 1. The van der Waals surface area contributed by atoms with Gasteiger partial charge in [0.05, 0.1) is 24.3 Å². The molecule has 1 unspecified atom stereocenters. The third-order valence-corrected chi connectivity index (χ3v) is 7.33. The second-order valence-corrected chi connectivity index (χ2v) is 9.27. The van der Waals surface area contributed by atoms with Gasteiger partial charge in [-0.1, -0.05) is 12.1 Å². The molecule has 1 aliphatic carbocycles. The lowest BCUT2D eigenvalue weighted by atomic mass is 10.0. The fourth-order valence-electron chi connectivity index (χ4n) is 5.19. The van der Waals surface area contributed by atoms with Crippen LogP contribution in [0.2, 0.25) is 0 Å². The summed E-state index contributed by atoms with van der Waals surface area (Å²) in [7, 11) is 1.36. The van der Waals surface area contributed by atoms with Crippen LogP contribution >= 0.6 is 0 Å². The average Bonchev–Trinajstić information content (AvgIpc) is 3.23. The molecule has 0 bridgehead atoms. The van der Waals surface area contributed by atoms with Gasteiger partial charge >= 0.3 is 12.1 Å². The average molecular weight is 471 g/mol. The normalized spacial score (nSPS) is 25.4. The van der Waals surface area contributed by atoms with E-state index in [0.717, 1.165) is 6.42 Å². The number of rotatable bonds is 5. The number of aromatic nitrogens is 2. The molecule has 1 saturated carbocycles. The summed E-state index contributed by atoms with van der Waals surface area (Å²) in [5.41, 5.74) is -0.363. The first-order valence-corrected chi connectivity index (χ1v) is 11.3. The van der Waals surface area contributed by atoms with Crippen molar-refractivity contribution >= 4 is 17.7 Å². The number of carbonyl (C=O) groups excluding carboxylic acids is 1. The second-order valence-electron chi connectivity index (χ2n) is 9.27. The van der Waals surface area contributed by atoms with Crippen molar-refractivity contribution in [2.75, 3.05) is 36.5 Å². The van der Waals surface area contributed by atoms with Gasteiger partial charge < -0.3 is 14.5 Å². The summed E-state index contributed by atoms with van der Waals surface area (Å²) in [6.07, 6.45) is -3.48. The van der Waals surface area contributed by atoms with E-state index in [1.54, 1.807) is 4.90 Å². The minimum atomic E-state index is -4.68. The number of methoxy groups -OCH3 is 1. The zero-order valence-electron chi connectivity index (χ0n) is 18.8. The van der Waals surface area contributed by atoms with Crippen LogP contribution in [0, 0.1) is 29.1 Å². The van der Waals surface area contributed by atoms with Gasteiger partial charge in [-0.05, 0) is 48.8 Å². The van der Waals surface area contributed by atoms with E-state index in [1.165, 1.54) is 31.4 Å². The summed E-state index contributed by atoms with van der Waals surface area (Å²) >= 11 is 0. The number of fused-ring (bicyclic) bond motifs is 1. The molecule has 4 atom stereocenters. The molecule has 3 aliphatic rings. The Morgan fingerprint density at radius 2 is 1.88 bits per heavy atom. The molecule has 0 N–H and O–H groups in total. The number of anilines is 2. The standard InChI is InChI=1S/C24H24F3N5O2/c1-13-7-8-32(13)23-29-21(24(25,26)27)20(15-5-3-14(10-28)4-6-15)22(30-23)31-11-17-16(18(17)12-31)9-19(33)34-2/h3-6,13,16-18H,7-9,11-12H2,1-2H3/t13-,16?,17-,18+/m0/s1. The van der Waals surface area contributed by atoms with E-state index < -0.39 is 11.9 Å². The van der Waals surface area contributed by atoms with Crippen LogP contribution in [0.5, 0.6) is 0 Å². The molecule has 2 aromatic rings. The van der Waals surface area contributed by atoms with Crippen molar-refractivity contribution in [1.82, 2.24) is 9.97 Å². The maximum atomic E-state index is 14.3. The Hall–Kier alpha value is -3.35. The van der Waals surface area contributed by atoms with E-state index in [4.69, 9.17) is 10.00 Å². The first kappa shape index (κ1) is 22.4. The Morgan fingerprint density at radius 3 is 2.38 bits per heavy atom. The van der Waals surface area contributed by atoms with Gasteiger partial charge in [-0.3, -0.25) is 4.79 Å². The predicted octanol–water partition coefficient (Wildman–Crippen LogP) is 3.88. The molecule has 0 radical (unpaired) electrons. The minimum absolute atomic E-state index is 0.0697. The molecule has 2 saturated heterocycles. The highest BCUT2D eigenvalue weighted by Crippen LogP contribution is 2.55. The Bertz CT molecular complexity index is 1150. The molecule has 1 aromatic carbocycles. The van der Waals surface area contributed by atoms with Gasteiger partial charge in [0.1, 0.15) is 5.82 Å². The lowest BCUT2D eigenvalue weighted by Gasteiger charge is -2.39. The number of esters is 1. The molecule has 0 spiro atoms. The van der Waals surface area contributed by atoms with Crippen LogP contribution in [-0.2, 0) is 15.7 Å². The molecule has 3 heterocycles. The number of benzene rings is 1. The zero-order chi connectivity index (χ0) is 24.2.